The van der Waals surface area contributed by atoms with E-state index in [-0.39, 0.29) is 5.91 Å². The first-order valence-corrected chi connectivity index (χ1v) is 11.8. The summed E-state index contributed by atoms with van der Waals surface area (Å²) in [7, 11) is 0. The molecule has 1 aliphatic heterocycles. The average molecular weight is 466 g/mol. The molecule has 0 atom stereocenters. The van der Waals surface area contributed by atoms with Crippen LogP contribution in [0.3, 0.4) is 0 Å². The maximum Gasteiger partial charge on any atom is 0.265 e. The number of carbonyl (C=O) groups excluding carboxylic acids is 1. The standard InChI is InChI=1S/C27H23N5OS/c33-27(32-30-18-19-7-2-1-3-8-19)21-12-13-25-23(15-21)31-26(22-10-4-5-11-24(22)34-25)29-17-20-9-6-14-28-16-20/h1-16,30H,17-18H2,(H,29,31)(H,32,33). The summed E-state index contributed by atoms with van der Waals surface area (Å²) in [6, 6.07) is 27.7. The van der Waals surface area contributed by atoms with Crippen LogP contribution in [0.25, 0.3) is 0 Å². The van der Waals surface area contributed by atoms with Crippen LogP contribution in [0.4, 0.5) is 5.69 Å². The van der Waals surface area contributed by atoms with Gasteiger partial charge in [0.1, 0.15) is 5.84 Å². The topological polar surface area (TPSA) is 78.4 Å². The van der Waals surface area contributed by atoms with Gasteiger partial charge in [-0.25, -0.2) is 5.43 Å². The number of anilines is 1. The third-order valence-corrected chi connectivity index (χ3v) is 6.49. The molecule has 7 heteroatoms. The number of pyridine rings is 1. The number of amides is 1. The molecular weight excluding hydrogens is 442 g/mol. The second-order valence-electron chi connectivity index (χ2n) is 7.75. The molecule has 0 bridgehead atoms. The average Bonchev–Trinajstić information content (AvgIpc) is 3.04. The normalized spacial score (nSPS) is 13.4. The molecule has 3 N–H and O–H groups in total. The molecule has 0 saturated carbocycles. The highest BCUT2D eigenvalue weighted by Crippen LogP contribution is 2.39. The first kappa shape index (κ1) is 21.9. The molecule has 1 aliphatic rings. The molecule has 0 fully saturated rings. The van der Waals surface area contributed by atoms with E-state index < -0.39 is 0 Å². The van der Waals surface area contributed by atoms with Crippen LogP contribution in [0, 0.1) is 0 Å². The molecule has 34 heavy (non-hydrogen) atoms. The van der Waals surface area contributed by atoms with Crippen LogP contribution in [0.5, 0.6) is 0 Å². The zero-order chi connectivity index (χ0) is 23.2. The number of benzene rings is 3. The summed E-state index contributed by atoms with van der Waals surface area (Å²) in [5, 5.41) is 3.47. The first-order chi connectivity index (χ1) is 16.8. The Morgan fingerprint density at radius 3 is 2.59 bits per heavy atom. The van der Waals surface area contributed by atoms with Crippen LogP contribution < -0.4 is 16.2 Å². The second-order valence-corrected chi connectivity index (χ2v) is 8.84. The van der Waals surface area contributed by atoms with Crippen molar-refractivity contribution in [2.75, 3.05) is 5.32 Å². The second kappa shape index (κ2) is 10.3. The van der Waals surface area contributed by atoms with E-state index in [2.05, 4.69) is 33.3 Å². The van der Waals surface area contributed by atoms with Gasteiger partial charge in [0.15, 0.2) is 0 Å². The number of nitrogens with one attached hydrogen (secondary N) is 3. The molecule has 4 aromatic rings. The molecule has 6 nitrogen and oxygen atoms in total. The van der Waals surface area contributed by atoms with Crippen LogP contribution in [0.2, 0.25) is 0 Å². The third-order valence-electron chi connectivity index (χ3n) is 5.34. The van der Waals surface area contributed by atoms with E-state index in [1.165, 1.54) is 0 Å². The van der Waals surface area contributed by atoms with Crippen LogP contribution in [0.1, 0.15) is 27.0 Å². The molecule has 0 spiro atoms. The van der Waals surface area contributed by atoms with E-state index in [9.17, 15) is 4.79 Å². The molecule has 0 aliphatic carbocycles. The number of aliphatic imine (C=N–C) groups is 1. The van der Waals surface area contributed by atoms with Crippen molar-refractivity contribution in [1.82, 2.24) is 15.8 Å². The smallest absolute Gasteiger partial charge is 0.265 e. The number of fused-ring (bicyclic) bond motifs is 2. The lowest BCUT2D eigenvalue weighted by Crippen LogP contribution is -2.36. The van der Waals surface area contributed by atoms with Crippen molar-refractivity contribution < 1.29 is 4.79 Å². The van der Waals surface area contributed by atoms with Gasteiger partial charge in [0, 0.05) is 39.9 Å². The maximum absolute atomic E-state index is 12.8. The molecule has 5 rings (SSSR count). The Balaban J connectivity index is 1.36. The predicted octanol–water partition coefficient (Wildman–Crippen LogP) is 5.04. The van der Waals surface area contributed by atoms with E-state index in [1.807, 2.05) is 79.0 Å². The molecule has 168 valence electrons. The van der Waals surface area contributed by atoms with Gasteiger partial charge in [0.2, 0.25) is 0 Å². The van der Waals surface area contributed by atoms with Gasteiger partial charge in [-0.05, 0) is 41.5 Å². The van der Waals surface area contributed by atoms with E-state index in [0.717, 1.165) is 38.0 Å². The summed E-state index contributed by atoms with van der Waals surface area (Å²) in [5.74, 6) is 0.576. The van der Waals surface area contributed by atoms with Crippen molar-refractivity contribution in [1.29, 1.82) is 0 Å². The first-order valence-electron chi connectivity index (χ1n) is 10.9. The minimum Gasteiger partial charge on any atom is -0.339 e. The summed E-state index contributed by atoms with van der Waals surface area (Å²) in [6.07, 6.45) is 3.57. The van der Waals surface area contributed by atoms with Gasteiger partial charge in [-0.15, -0.1) is 0 Å². The molecule has 3 aromatic carbocycles. The van der Waals surface area contributed by atoms with E-state index in [1.54, 1.807) is 18.0 Å². The molecule has 0 unspecified atom stereocenters. The van der Waals surface area contributed by atoms with Crippen LogP contribution in [0.15, 0.2) is 112 Å². The summed E-state index contributed by atoms with van der Waals surface area (Å²) in [4.78, 5) is 23.9. The van der Waals surface area contributed by atoms with E-state index in [0.29, 0.717) is 18.7 Å². The number of nitrogens with zero attached hydrogens (tertiary/aromatic N) is 2. The summed E-state index contributed by atoms with van der Waals surface area (Å²) in [5.41, 5.74) is 10.3. The lowest BCUT2D eigenvalue weighted by atomic mass is 10.1. The van der Waals surface area contributed by atoms with Crippen molar-refractivity contribution >= 4 is 29.2 Å². The number of hydrogen-bond acceptors (Lipinski definition) is 5. The highest BCUT2D eigenvalue weighted by molar-refractivity contribution is 7.99. The fourth-order valence-corrected chi connectivity index (χ4v) is 4.62. The molecule has 2 heterocycles. The van der Waals surface area contributed by atoms with Crippen LogP contribution in [-0.4, -0.2) is 16.7 Å². The van der Waals surface area contributed by atoms with Crippen LogP contribution >= 0.6 is 11.8 Å². The molecular formula is C27H23N5OS. The number of amidine groups is 1. The molecule has 0 saturated heterocycles. The van der Waals surface area contributed by atoms with Gasteiger partial charge in [-0.1, -0.05) is 66.4 Å². The van der Waals surface area contributed by atoms with Crippen molar-refractivity contribution in [3.05, 3.63) is 120 Å². The highest BCUT2D eigenvalue weighted by atomic mass is 32.2. The minimum absolute atomic E-state index is 0.193. The fraction of sp³-hybridized carbons (Fsp3) is 0.0741. The zero-order valence-electron chi connectivity index (χ0n) is 18.4. The minimum atomic E-state index is -0.193. The molecule has 1 amide bonds. The van der Waals surface area contributed by atoms with E-state index in [4.69, 9.17) is 4.99 Å². The molecule has 0 radical (unpaired) electrons. The van der Waals surface area contributed by atoms with Gasteiger partial charge in [-0.2, -0.15) is 0 Å². The Bertz CT molecular complexity index is 1330. The maximum atomic E-state index is 12.8. The number of hydrogen-bond donors (Lipinski definition) is 3. The zero-order valence-corrected chi connectivity index (χ0v) is 19.2. The quantitative estimate of drug-likeness (QED) is 0.348. The van der Waals surface area contributed by atoms with Crippen molar-refractivity contribution in [3.63, 3.8) is 0 Å². The largest absolute Gasteiger partial charge is 0.339 e. The summed E-state index contributed by atoms with van der Waals surface area (Å²) < 4.78 is 0. The van der Waals surface area contributed by atoms with Gasteiger partial charge < -0.3 is 5.32 Å². The van der Waals surface area contributed by atoms with Crippen molar-refractivity contribution in [2.24, 2.45) is 4.99 Å². The Morgan fingerprint density at radius 1 is 0.912 bits per heavy atom. The van der Waals surface area contributed by atoms with Crippen molar-refractivity contribution in [2.45, 2.75) is 22.9 Å². The Labute approximate surface area is 202 Å². The number of rotatable bonds is 6. The monoisotopic (exact) mass is 465 g/mol. The van der Waals surface area contributed by atoms with Crippen molar-refractivity contribution in [3.8, 4) is 0 Å². The lowest BCUT2D eigenvalue weighted by Gasteiger charge is -2.12. The summed E-state index contributed by atoms with van der Waals surface area (Å²) >= 11 is 1.66. The van der Waals surface area contributed by atoms with Gasteiger partial charge in [0.05, 0.1) is 12.2 Å². The number of aromatic nitrogens is 1. The van der Waals surface area contributed by atoms with E-state index >= 15 is 0 Å². The number of hydrazine groups is 1. The lowest BCUT2D eigenvalue weighted by molar-refractivity contribution is 0.0932. The van der Waals surface area contributed by atoms with Gasteiger partial charge >= 0.3 is 0 Å². The summed E-state index contributed by atoms with van der Waals surface area (Å²) in [6.45, 7) is 1.06. The highest BCUT2D eigenvalue weighted by Gasteiger charge is 2.19. The number of carbonyl (C=O) groups is 1. The Hall–Kier alpha value is -3.94. The Kier molecular flexibility index (Phi) is 6.65. The predicted molar refractivity (Wildman–Crippen MR) is 136 cm³/mol. The fourth-order valence-electron chi connectivity index (χ4n) is 3.60. The molecule has 1 aromatic heterocycles. The van der Waals surface area contributed by atoms with Crippen LogP contribution in [-0.2, 0) is 13.1 Å². The van der Waals surface area contributed by atoms with Gasteiger partial charge in [-0.3, -0.25) is 20.2 Å². The Morgan fingerprint density at radius 2 is 1.74 bits per heavy atom. The SMILES string of the molecule is O=C(NNCc1ccccc1)c1ccc2c(c1)NC(=NCc1cccnc1)c1ccccc1S2. The van der Waals surface area contributed by atoms with Gasteiger partial charge in [0.25, 0.3) is 5.91 Å². The third kappa shape index (κ3) is 5.17.